The zero-order valence-corrected chi connectivity index (χ0v) is 11.2. The van der Waals surface area contributed by atoms with E-state index in [4.69, 9.17) is 4.74 Å². The van der Waals surface area contributed by atoms with Crippen LogP contribution in [0.1, 0.15) is 79.1 Å². The van der Waals surface area contributed by atoms with Crippen molar-refractivity contribution in [2.24, 2.45) is 0 Å². The lowest BCUT2D eigenvalue weighted by molar-refractivity contribution is 0.389. The van der Waals surface area contributed by atoms with Crippen molar-refractivity contribution in [3.05, 3.63) is 0 Å². The van der Waals surface area contributed by atoms with Crippen molar-refractivity contribution in [2.45, 2.75) is 91.3 Å². The van der Waals surface area contributed by atoms with E-state index in [1.807, 2.05) is 0 Å². The quantitative estimate of drug-likeness (QED) is 0.432. The van der Waals surface area contributed by atoms with E-state index in [0.29, 0.717) is 12.2 Å². The van der Waals surface area contributed by atoms with Crippen LogP contribution in [-0.4, -0.2) is 12.2 Å². The first-order valence-electron chi connectivity index (χ1n) is 6.87. The molecule has 0 amide bonds. The molecule has 0 aromatic rings. The third kappa shape index (κ3) is 11.9. The van der Waals surface area contributed by atoms with Gasteiger partial charge in [0, 0.05) is 0 Å². The third-order valence-corrected chi connectivity index (χ3v) is 2.97. The minimum Gasteiger partial charge on any atom is -0.370 e. The number of hydrogen-bond acceptors (Lipinski definition) is 1. The van der Waals surface area contributed by atoms with Gasteiger partial charge in [-0.1, -0.05) is 65.2 Å². The van der Waals surface area contributed by atoms with Gasteiger partial charge in [-0.2, -0.15) is 0 Å². The van der Waals surface area contributed by atoms with Crippen LogP contribution in [0.25, 0.3) is 0 Å². The topological polar surface area (TPSA) is 12.5 Å². The van der Waals surface area contributed by atoms with Crippen LogP contribution < -0.4 is 0 Å². The van der Waals surface area contributed by atoms with E-state index in [0.717, 1.165) is 0 Å². The summed E-state index contributed by atoms with van der Waals surface area (Å²) in [6.07, 6.45) is 12.6. The largest absolute Gasteiger partial charge is 0.370 e. The highest BCUT2D eigenvalue weighted by molar-refractivity contribution is 4.73. The predicted octanol–water partition coefficient (Wildman–Crippen LogP) is 4.94. The van der Waals surface area contributed by atoms with Crippen LogP contribution in [0.15, 0.2) is 0 Å². The fraction of sp³-hybridized carbons (Fsp3) is 1.00. The van der Waals surface area contributed by atoms with Crippen LogP contribution in [0, 0.1) is 0 Å². The van der Waals surface area contributed by atoms with Gasteiger partial charge in [0.2, 0.25) is 0 Å². The first-order chi connectivity index (χ1) is 7.22. The van der Waals surface area contributed by atoms with E-state index in [1.165, 1.54) is 51.4 Å². The maximum atomic E-state index is 4.92. The Labute approximate surface area is 96.6 Å². The standard InChI is InChI=1S/C10H22.C4H8O/c1-3-5-7-9-10-8-6-4-2;1-3-4(2)5-3/h3-10H2,1-2H3;3-4H,1-2H3/t;3-,4-/m.0/s1. The van der Waals surface area contributed by atoms with Gasteiger partial charge in [-0.3, -0.25) is 0 Å². The Balaban J connectivity index is 0.000000322. The molecule has 1 heterocycles. The molecule has 0 N–H and O–H groups in total. The van der Waals surface area contributed by atoms with Gasteiger partial charge in [-0.25, -0.2) is 0 Å². The molecule has 92 valence electrons. The summed E-state index contributed by atoms with van der Waals surface area (Å²) in [6, 6.07) is 0. The van der Waals surface area contributed by atoms with Gasteiger partial charge < -0.3 is 4.74 Å². The van der Waals surface area contributed by atoms with Gasteiger partial charge in [0.05, 0.1) is 12.2 Å². The molecule has 1 aliphatic heterocycles. The molecule has 15 heavy (non-hydrogen) atoms. The molecule has 0 saturated carbocycles. The lowest BCUT2D eigenvalue weighted by Gasteiger charge is -1.97. The summed E-state index contributed by atoms with van der Waals surface area (Å²) in [5, 5.41) is 0. The average molecular weight is 214 g/mol. The Hall–Kier alpha value is -0.0400. The Bertz CT molecular complexity index is 109. The molecular weight excluding hydrogens is 184 g/mol. The highest BCUT2D eigenvalue weighted by Gasteiger charge is 2.27. The summed E-state index contributed by atoms with van der Waals surface area (Å²) in [6.45, 7) is 8.69. The SMILES string of the molecule is CCCCCCCCCC.C[C@@H]1O[C@H]1C. The summed E-state index contributed by atoms with van der Waals surface area (Å²) in [5.74, 6) is 0. The Morgan fingerprint density at radius 3 is 1.13 bits per heavy atom. The second-order valence-corrected chi connectivity index (χ2v) is 4.67. The summed E-state index contributed by atoms with van der Waals surface area (Å²) in [5.41, 5.74) is 0. The van der Waals surface area contributed by atoms with E-state index in [-0.39, 0.29) is 0 Å². The van der Waals surface area contributed by atoms with E-state index in [9.17, 15) is 0 Å². The van der Waals surface area contributed by atoms with Gasteiger partial charge in [0.1, 0.15) is 0 Å². The highest BCUT2D eigenvalue weighted by Crippen LogP contribution is 2.18. The Morgan fingerprint density at radius 1 is 0.667 bits per heavy atom. The molecule has 0 unspecified atom stereocenters. The van der Waals surface area contributed by atoms with Crippen LogP contribution in [0.5, 0.6) is 0 Å². The minimum atomic E-state index is 0.551. The van der Waals surface area contributed by atoms with Crippen molar-refractivity contribution in [1.82, 2.24) is 0 Å². The number of epoxide rings is 1. The van der Waals surface area contributed by atoms with Crippen molar-refractivity contribution in [2.75, 3.05) is 0 Å². The van der Waals surface area contributed by atoms with Crippen molar-refractivity contribution in [3.8, 4) is 0 Å². The van der Waals surface area contributed by atoms with E-state index >= 15 is 0 Å². The second-order valence-electron chi connectivity index (χ2n) is 4.67. The lowest BCUT2D eigenvalue weighted by Crippen LogP contribution is -1.77. The van der Waals surface area contributed by atoms with Crippen LogP contribution in [-0.2, 0) is 4.74 Å². The van der Waals surface area contributed by atoms with Gasteiger partial charge in [-0.15, -0.1) is 0 Å². The molecule has 1 rings (SSSR count). The summed E-state index contributed by atoms with van der Waals surface area (Å²) < 4.78 is 4.92. The summed E-state index contributed by atoms with van der Waals surface area (Å²) in [4.78, 5) is 0. The number of unbranched alkanes of at least 4 members (excludes halogenated alkanes) is 7. The zero-order chi connectivity index (χ0) is 11.5. The van der Waals surface area contributed by atoms with Crippen molar-refractivity contribution in [1.29, 1.82) is 0 Å². The average Bonchev–Trinajstić information content (AvgIpc) is 2.87. The number of rotatable bonds is 7. The second kappa shape index (κ2) is 10.5. The molecule has 1 aliphatic rings. The lowest BCUT2D eigenvalue weighted by atomic mass is 10.1. The molecule has 1 saturated heterocycles. The first-order valence-corrected chi connectivity index (χ1v) is 6.87. The molecule has 0 radical (unpaired) electrons. The van der Waals surface area contributed by atoms with Gasteiger partial charge in [-0.05, 0) is 13.8 Å². The molecular formula is C14H30O. The van der Waals surface area contributed by atoms with Crippen LogP contribution in [0.4, 0.5) is 0 Å². The zero-order valence-electron chi connectivity index (χ0n) is 11.2. The monoisotopic (exact) mass is 214 g/mol. The maximum Gasteiger partial charge on any atom is 0.0811 e. The fourth-order valence-electron chi connectivity index (χ4n) is 1.50. The van der Waals surface area contributed by atoms with Crippen LogP contribution in [0.2, 0.25) is 0 Å². The molecule has 1 fully saturated rings. The highest BCUT2D eigenvalue weighted by atomic mass is 16.6. The Morgan fingerprint density at radius 2 is 0.933 bits per heavy atom. The smallest absolute Gasteiger partial charge is 0.0811 e. The molecule has 0 aromatic heterocycles. The number of hydrogen-bond donors (Lipinski definition) is 0. The summed E-state index contributed by atoms with van der Waals surface area (Å²) >= 11 is 0. The van der Waals surface area contributed by atoms with Crippen molar-refractivity contribution >= 4 is 0 Å². The predicted molar refractivity (Wildman–Crippen MR) is 68.3 cm³/mol. The fourth-order valence-corrected chi connectivity index (χ4v) is 1.50. The van der Waals surface area contributed by atoms with Crippen LogP contribution >= 0.6 is 0 Å². The van der Waals surface area contributed by atoms with E-state index in [1.54, 1.807) is 0 Å². The van der Waals surface area contributed by atoms with Gasteiger partial charge in [0.15, 0.2) is 0 Å². The normalized spacial score (nSPS) is 23.2. The molecule has 1 nitrogen and oxygen atoms in total. The van der Waals surface area contributed by atoms with Gasteiger partial charge >= 0.3 is 0 Å². The minimum absolute atomic E-state index is 0.551. The molecule has 0 aliphatic carbocycles. The Kier molecular flexibility index (Phi) is 10.4. The molecule has 2 atom stereocenters. The maximum absolute atomic E-state index is 4.92. The van der Waals surface area contributed by atoms with Crippen LogP contribution in [0.3, 0.4) is 0 Å². The van der Waals surface area contributed by atoms with E-state index in [2.05, 4.69) is 27.7 Å². The van der Waals surface area contributed by atoms with Gasteiger partial charge in [0.25, 0.3) is 0 Å². The first kappa shape index (κ1) is 15.0. The summed E-state index contributed by atoms with van der Waals surface area (Å²) in [7, 11) is 0. The van der Waals surface area contributed by atoms with Crippen molar-refractivity contribution in [3.63, 3.8) is 0 Å². The van der Waals surface area contributed by atoms with E-state index < -0.39 is 0 Å². The molecule has 0 aromatic carbocycles. The van der Waals surface area contributed by atoms with Crippen molar-refractivity contribution < 1.29 is 4.74 Å². The number of ether oxygens (including phenoxy) is 1. The third-order valence-electron chi connectivity index (χ3n) is 2.97. The molecule has 0 spiro atoms. The molecule has 0 bridgehead atoms. The molecule has 1 heteroatoms.